The minimum absolute atomic E-state index is 0.179. The standard InChI is InChI=1S/C15H28O3/c1-12(10-17-14-6-3-4-7-14)16-11-13(2)18-15-8-5-9-15/h12-15H,3-11H2,1-2H3. The molecule has 2 aliphatic rings. The van der Waals surface area contributed by atoms with Crippen molar-refractivity contribution in [3.8, 4) is 0 Å². The highest BCUT2D eigenvalue weighted by molar-refractivity contribution is 4.71. The van der Waals surface area contributed by atoms with Gasteiger partial charge in [0.2, 0.25) is 0 Å². The number of hydrogen-bond donors (Lipinski definition) is 0. The first kappa shape index (κ1) is 14.3. The van der Waals surface area contributed by atoms with Crippen molar-refractivity contribution in [3.63, 3.8) is 0 Å². The maximum absolute atomic E-state index is 5.85. The highest BCUT2D eigenvalue weighted by Gasteiger charge is 2.21. The predicted octanol–water partition coefficient (Wildman–Crippen LogP) is 3.31. The molecule has 2 atom stereocenters. The molecule has 0 N–H and O–H groups in total. The molecule has 0 bridgehead atoms. The summed E-state index contributed by atoms with van der Waals surface area (Å²) in [6.45, 7) is 5.60. The van der Waals surface area contributed by atoms with Crippen molar-refractivity contribution in [3.05, 3.63) is 0 Å². The fourth-order valence-electron chi connectivity index (χ4n) is 2.55. The number of hydrogen-bond acceptors (Lipinski definition) is 3. The Labute approximate surface area is 111 Å². The molecule has 0 aromatic rings. The second-order valence-corrected chi connectivity index (χ2v) is 5.88. The summed E-state index contributed by atoms with van der Waals surface area (Å²) < 4.78 is 17.5. The Hall–Kier alpha value is -0.120. The van der Waals surface area contributed by atoms with Crippen molar-refractivity contribution in [2.75, 3.05) is 13.2 Å². The molecule has 0 aromatic carbocycles. The number of ether oxygens (including phenoxy) is 3. The molecule has 0 heterocycles. The molecule has 2 unspecified atom stereocenters. The molecule has 0 aliphatic heterocycles. The second kappa shape index (κ2) is 7.46. The molecular formula is C15H28O3. The summed E-state index contributed by atoms with van der Waals surface area (Å²) in [6.07, 6.45) is 10.3. The molecule has 18 heavy (non-hydrogen) atoms. The van der Waals surface area contributed by atoms with Gasteiger partial charge in [0.05, 0.1) is 37.6 Å². The van der Waals surface area contributed by atoms with Crippen LogP contribution in [-0.2, 0) is 14.2 Å². The Kier molecular flexibility index (Phi) is 5.93. The van der Waals surface area contributed by atoms with Crippen molar-refractivity contribution in [1.29, 1.82) is 0 Å². The van der Waals surface area contributed by atoms with E-state index in [1.165, 1.54) is 44.9 Å². The van der Waals surface area contributed by atoms with E-state index in [1.807, 2.05) is 0 Å². The predicted molar refractivity (Wildman–Crippen MR) is 71.8 cm³/mol. The van der Waals surface area contributed by atoms with Gasteiger partial charge in [-0.25, -0.2) is 0 Å². The normalized spacial score (nSPS) is 25.0. The zero-order chi connectivity index (χ0) is 12.8. The van der Waals surface area contributed by atoms with E-state index in [4.69, 9.17) is 14.2 Å². The molecule has 2 saturated carbocycles. The summed E-state index contributed by atoms with van der Waals surface area (Å²) in [5.41, 5.74) is 0. The average molecular weight is 256 g/mol. The molecular weight excluding hydrogens is 228 g/mol. The maximum Gasteiger partial charge on any atom is 0.0784 e. The molecule has 0 spiro atoms. The molecule has 0 amide bonds. The summed E-state index contributed by atoms with van der Waals surface area (Å²) >= 11 is 0. The quantitative estimate of drug-likeness (QED) is 0.667. The lowest BCUT2D eigenvalue weighted by atomic mass is 9.96. The van der Waals surface area contributed by atoms with Crippen LogP contribution in [0.2, 0.25) is 0 Å². The Morgan fingerprint density at radius 1 is 0.833 bits per heavy atom. The largest absolute Gasteiger partial charge is 0.376 e. The molecule has 0 aromatic heterocycles. The van der Waals surface area contributed by atoms with Gasteiger partial charge in [0.1, 0.15) is 0 Å². The molecule has 3 heteroatoms. The van der Waals surface area contributed by atoms with E-state index in [0.29, 0.717) is 18.8 Å². The summed E-state index contributed by atoms with van der Waals surface area (Å²) in [5.74, 6) is 0. The van der Waals surface area contributed by atoms with Crippen LogP contribution < -0.4 is 0 Å². The van der Waals surface area contributed by atoms with Gasteiger partial charge in [0.15, 0.2) is 0 Å². The molecule has 2 aliphatic carbocycles. The Bertz CT molecular complexity index is 222. The first-order chi connectivity index (χ1) is 8.74. The third-order valence-corrected chi connectivity index (χ3v) is 3.96. The van der Waals surface area contributed by atoms with Crippen LogP contribution in [0.4, 0.5) is 0 Å². The zero-order valence-corrected chi connectivity index (χ0v) is 11.9. The Morgan fingerprint density at radius 3 is 2.11 bits per heavy atom. The van der Waals surface area contributed by atoms with Crippen LogP contribution in [0.25, 0.3) is 0 Å². The maximum atomic E-state index is 5.85. The van der Waals surface area contributed by atoms with Crippen LogP contribution in [0.3, 0.4) is 0 Å². The third-order valence-electron chi connectivity index (χ3n) is 3.96. The molecule has 2 fully saturated rings. The third kappa shape index (κ3) is 4.87. The van der Waals surface area contributed by atoms with Crippen molar-refractivity contribution in [2.45, 2.75) is 83.2 Å². The van der Waals surface area contributed by atoms with E-state index in [2.05, 4.69) is 13.8 Å². The Morgan fingerprint density at radius 2 is 1.50 bits per heavy atom. The van der Waals surface area contributed by atoms with Crippen molar-refractivity contribution in [2.24, 2.45) is 0 Å². The van der Waals surface area contributed by atoms with E-state index in [1.54, 1.807) is 0 Å². The lowest BCUT2D eigenvalue weighted by molar-refractivity contribution is -0.102. The summed E-state index contributed by atoms with van der Waals surface area (Å²) in [4.78, 5) is 0. The van der Waals surface area contributed by atoms with E-state index in [-0.39, 0.29) is 12.2 Å². The summed E-state index contributed by atoms with van der Waals surface area (Å²) in [6, 6.07) is 0. The SMILES string of the molecule is CC(COC1CCCC1)OCC(C)OC1CCC1. The lowest BCUT2D eigenvalue weighted by Crippen LogP contribution is -2.31. The van der Waals surface area contributed by atoms with Crippen LogP contribution in [-0.4, -0.2) is 37.6 Å². The van der Waals surface area contributed by atoms with Gasteiger partial charge in [-0.2, -0.15) is 0 Å². The highest BCUT2D eigenvalue weighted by Crippen LogP contribution is 2.23. The van der Waals surface area contributed by atoms with Gasteiger partial charge < -0.3 is 14.2 Å². The minimum Gasteiger partial charge on any atom is -0.376 e. The van der Waals surface area contributed by atoms with Crippen molar-refractivity contribution >= 4 is 0 Å². The molecule has 3 nitrogen and oxygen atoms in total. The van der Waals surface area contributed by atoms with Crippen molar-refractivity contribution in [1.82, 2.24) is 0 Å². The smallest absolute Gasteiger partial charge is 0.0784 e. The van der Waals surface area contributed by atoms with E-state index in [0.717, 1.165) is 6.61 Å². The molecule has 0 radical (unpaired) electrons. The number of rotatable bonds is 8. The second-order valence-electron chi connectivity index (χ2n) is 5.88. The fraction of sp³-hybridized carbons (Fsp3) is 1.00. The first-order valence-electron chi connectivity index (χ1n) is 7.62. The van der Waals surface area contributed by atoms with Gasteiger partial charge in [0, 0.05) is 0 Å². The highest BCUT2D eigenvalue weighted by atomic mass is 16.6. The van der Waals surface area contributed by atoms with Gasteiger partial charge in [-0.3, -0.25) is 0 Å². The zero-order valence-electron chi connectivity index (χ0n) is 11.9. The van der Waals surface area contributed by atoms with Gasteiger partial charge in [-0.05, 0) is 46.0 Å². The molecule has 2 rings (SSSR count). The summed E-state index contributed by atoms with van der Waals surface area (Å²) in [5, 5.41) is 0. The van der Waals surface area contributed by atoms with Crippen LogP contribution in [0.15, 0.2) is 0 Å². The average Bonchev–Trinajstić information content (AvgIpc) is 2.81. The van der Waals surface area contributed by atoms with Crippen molar-refractivity contribution < 1.29 is 14.2 Å². The molecule has 0 saturated heterocycles. The van der Waals surface area contributed by atoms with E-state index >= 15 is 0 Å². The topological polar surface area (TPSA) is 27.7 Å². The van der Waals surface area contributed by atoms with Gasteiger partial charge >= 0.3 is 0 Å². The lowest BCUT2D eigenvalue weighted by Gasteiger charge is -2.29. The van der Waals surface area contributed by atoms with Gasteiger partial charge in [-0.1, -0.05) is 12.8 Å². The molecule has 106 valence electrons. The van der Waals surface area contributed by atoms with Gasteiger partial charge in [-0.15, -0.1) is 0 Å². The minimum atomic E-state index is 0.179. The van der Waals surface area contributed by atoms with E-state index < -0.39 is 0 Å². The van der Waals surface area contributed by atoms with Crippen LogP contribution in [0.1, 0.15) is 58.8 Å². The van der Waals surface area contributed by atoms with Gasteiger partial charge in [0.25, 0.3) is 0 Å². The monoisotopic (exact) mass is 256 g/mol. The fourth-order valence-corrected chi connectivity index (χ4v) is 2.55. The first-order valence-corrected chi connectivity index (χ1v) is 7.62. The van der Waals surface area contributed by atoms with Crippen LogP contribution in [0.5, 0.6) is 0 Å². The van der Waals surface area contributed by atoms with Crippen LogP contribution in [0, 0.1) is 0 Å². The van der Waals surface area contributed by atoms with Crippen LogP contribution >= 0.6 is 0 Å². The summed E-state index contributed by atoms with van der Waals surface area (Å²) in [7, 11) is 0. The van der Waals surface area contributed by atoms with E-state index in [9.17, 15) is 0 Å². The Balaban J connectivity index is 1.48.